The fourth-order valence-corrected chi connectivity index (χ4v) is 4.14. The van der Waals surface area contributed by atoms with Crippen LogP contribution in [0.4, 0.5) is 0 Å². The van der Waals surface area contributed by atoms with Crippen LogP contribution in [0.2, 0.25) is 0 Å². The first-order chi connectivity index (χ1) is 12.3. The van der Waals surface area contributed by atoms with Gasteiger partial charge < -0.3 is 5.32 Å². The summed E-state index contributed by atoms with van der Waals surface area (Å²) < 4.78 is 1.83. The van der Waals surface area contributed by atoms with Crippen molar-refractivity contribution in [3.63, 3.8) is 0 Å². The van der Waals surface area contributed by atoms with Crippen molar-refractivity contribution in [2.45, 2.75) is 30.1 Å². The van der Waals surface area contributed by atoms with Gasteiger partial charge in [-0.15, -0.1) is 16.4 Å². The zero-order chi connectivity index (χ0) is 17.1. The monoisotopic (exact) mass is 371 g/mol. The van der Waals surface area contributed by atoms with Crippen LogP contribution in [0.3, 0.4) is 0 Å². The molecule has 0 aliphatic heterocycles. The first-order valence-electron chi connectivity index (χ1n) is 8.09. The molecule has 1 atom stereocenters. The van der Waals surface area contributed by atoms with Crippen LogP contribution in [0.5, 0.6) is 0 Å². The molecule has 1 aliphatic carbocycles. The molecule has 1 amide bonds. The highest BCUT2D eigenvalue weighted by Crippen LogP contribution is 2.36. The highest BCUT2D eigenvalue weighted by atomic mass is 32.2. The van der Waals surface area contributed by atoms with Gasteiger partial charge >= 0.3 is 0 Å². The average molecular weight is 371 g/mol. The van der Waals surface area contributed by atoms with Crippen molar-refractivity contribution < 1.29 is 4.79 Å². The molecule has 1 aliphatic rings. The lowest BCUT2D eigenvalue weighted by Crippen LogP contribution is -2.30. The Morgan fingerprint density at radius 3 is 2.84 bits per heavy atom. The van der Waals surface area contributed by atoms with Gasteiger partial charge in [0.2, 0.25) is 11.1 Å². The lowest BCUT2D eigenvalue weighted by atomic mass is 10.1. The lowest BCUT2D eigenvalue weighted by Gasteiger charge is -2.18. The minimum Gasteiger partial charge on any atom is -0.344 e. The second kappa shape index (κ2) is 7.37. The van der Waals surface area contributed by atoms with Gasteiger partial charge in [-0.1, -0.05) is 48.2 Å². The normalized spacial score (nSPS) is 15.0. The zero-order valence-corrected chi connectivity index (χ0v) is 15.0. The van der Waals surface area contributed by atoms with E-state index in [9.17, 15) is 4.79 Å². The van der Waals surface area contributed by atoms with Crippen LogP contribution in [0.25, 0.3) is 0 Å². The summed E-state index contributed by atoms with van der Waals surface area (Å²) in [5, 5.41) is 17.6. The van der Waals surface area contributed by atoms with Crippen LogP contribution in [0.1, 0.15) is 35.4 Å². The molecule has 3 aromatic rings. The Kier molecular flexibility index (Phi) is 4.80. The van der Waals surface area contributed by atoms with Crippen molar-refractivity contribution in [2.75, 3.05) is 5.75 Å². The number of benzene rings is 1. The number of aromatic nitrogens is 4. The van der Waals surface area contributed by atoms with Crippen LogP contribution in [-0.2, 0) is 4.79 Å². The average Bonchev–Trinajstić information content (AvgIpc) is 3.15. The van der Waals surface area contributed by atoms with Crippen molar-refractivity contribution in [3.05, 3.63) is 58.3 Å². The van der Waals surface area contributed by atoms with Gasteiger partial charge in [0.05, 0.1) is 17.8 Å². The Hall–Kier alpha value is -2.19. The first-order valence-corrected chi connectivity index (χ1v) is 9.96. The molecular formula is C17H17N5OS2. The van der Waals surface area contributed by atoms with Crippen LogP contribution >= 0.6 is 23.1 Å². The van der Waals surface area contributed by atoms with Crippen LogP contribution in [-0.4, -0.2) is 31.9 Å². The Morgan fingerprint density at radius 2 is 2.12 bits per heavy atom. The summed E-state index contributed by atoms with van der Waals surface area (Å²) in [4.78, 5) is 13.6. The Bertz CT molecular complexity index is 830. The molecule has 1 fully saturated rings. The minimum absolute atomic E-state index is 0.0300. The van der Waals surface area contributed by atoms with Crippen LogP contribution in [0.15, 0.2) is 53.0 Å². The maximum absolute atomic E-state index is 12.5. The molecule has 1 N–H and O–H groups in total. The third-order valence-corrected chi connectivity index (χ3v) is 5.82. The molecule has 0 bridgehead atoms. The second-order valence-corrected chi connectivity index (χ2v) is 7.77. The topological polar surface area (TPSA) is 72.7 Å². The number of amides is 1. The predicted octanol–water partition coefficient (Wildman–Crippen LogP) is 3.07. The number of hydrogen-bond acceptors (Lipinski definition) is 6. The number of carbonyl (C=O) groups excluding carboxylic acids is 1. The van der Waals surface area contributed by atoms with E-state index in [1.54, 1.807) is 11.3 Å². The van der Waals surface area contributed by atoms with Gasteiger partial charge in [-0.3, -0.25) is 4.79 Å². The van der Waals surface area contributed by atoms with Crippen molar-refractivity contribution in [2.24, 2.45) is 0 Å². The number of thioether (sulfide) groups is 1. The standard InChI is InChI=1S/C17H17N5OS2/c23-15(11-25-17-19-20-21-22(17)13-8-9-13)18-16(14-7-4-10-24-14)12-5-2-1-3-6-12/h1-7,10,13,16H,8-9,11H2,(H,18,23)/t16-/m1/s1. The van der Waals surface area contributed by atoms with Crippen molar-refractivity contribution in [3.8, 4) is 0 Å². The molecule has 0 unspecified atom stereocenters. The molecule has 0 radical (unpaired) electrons. The van der Waals surface area contributed by atoms with Gasteiger partial charge in [0.25, 0.3) is 0 Å². The zero-order valence-electron chi connectivity index (χ0n) is 13.4. The van der Waals surface area contributed by atoms with Crippen LogP contribution < -0.4 is 5.32 Å². The lowest BCUT2D eigenvalue weighted by molar-refractivity contribution is -0.119. The van der Waals surface area contributed by atoms with Gasteiger partial charge in [0.1, 0.15) is 0 Å². The van der Waals surface area contributed by atoms with Gasteiger partial charge in [-0.2, -0.15) is 0 Å². The smallest absolute Gasteiger partial charge is 0.231 e. The van der Waals surface area contributed by atoms with Crippen LogP contribution in [0, 0.1) is 0 Å². The first kappa shape index (κ1) is 16.3. The summed E-state index contributed by atoms with van der Waals surface area (Å²) in [6.07, 6.45) is 2.22. The highest BCUT2D eigenvalue weighted by molar-refractivity contribution is 7.99. The summed E-state index contributed by atoms with van der Waals surface area (Å²) in [5.41, 5.74) is 1.08. The fourth-order valence-electron chi connectivity index (χ4n) is 2.58. The molecule has 6 nitrogen and oxygen atoms in total. The van der Waals surface area contributed by atoms with E-state index in [0.29, 0.717) is 17.0 Å². The molecule has 0 saturated heterocycles. The van der Waals surface area contributed by atoms with Crippen molar-refractivity contribution in [1.29, 1.82) is 0 Å². The number of hydrogen-bond donors (Lipinski definition) is 1. The number of nitrogens with one attached hydrogen (secondary N) is 1. The van der Waals surface area contributed by atoms with E-state index in [2.05, 4.69) is 20.8 Å². The molecule has 2 heterocycles. The number of tetrazole rings is 1. The summed E-state index contributed by atoms with van der Waals surface area (Å²) in [6, 6.07) is 14.3. The summed E-state index contributed by atoms with van der Waals surface area (Å²) in [6.45, 7) is 0. The van der Waals surface area contributed by atoms with Gasteiger partial charge in [0.15, 0.2) is 0 Å². The summed E-state index contributed by atoms with van der Waals surface area (Å²) in [7, 11) is 0. The second-order valence-electron chi connectivity index (χ2n) is 5.85. The summed E-state index contributed by atoms with van der Waals surface area (Å²) >= 11 is 3.02. The molecule has 128 valence electrons. The molecular weight excluding hydrogens is 354 g/mol. The van der Waals surface area contributed by atoms with Gasteiger partial charge in [0, 0.05) is 4.88 Å². The molecule has 4 rings (SSSR count). The largest absolute Gasteiger partial charge is 0.344 e. The molecule has 2 aromatic heterocycles. The Labute approximate surface area is 153 Å². The maximum atomic E-state index is 12.5. The fraction of sp³-hybridized carbons (Fsp3) is 0.294. The van der Waals surface area contributed by atoms with Gasteiger partial charge in [-0.05, 0) is 40.3 Å². The number of thiophene rings is 1. The third-order valence-electron chi connectivity index (χ3n) is 3.95. The van der Waals surface area contributed by atoms with E-state index in [1.165, 1.54) is 11.8 Å². The molecule has 8 heteroatoms. The van der Waals surface area contributed by atoms with Gasteiger partial charge in [-0.25, -0.2) is 4.68 Å². The van der Waals surface area contributed by atoms with E-state index in [-0.39, 0.29) is 11.9 Å². The van der Waals surface area contributed by atoms with Crippen molar-refractivity contribution >= 4 is 29.0 Å². The maximum Gasteiger partial charge on any atom is 0.231 e. The summed E-state index contributed by atoms with van der Waals surface area (Å²) in [5.74, 6) is 0.263. The highest BCUT2D eigenvalue weighted by Gasteiger charge is 2.28. The SMILES string of the molecule is O=C(CSc1nnnn1C1CC1)N[C@H](c1ccccc1)c1cccs1. The Balaban J connectivity index is 1.43. The van der Waals surface area contributed by atoms with E-state index < -0.39 is 0 Å². The van der Waals surface area contributed by atoms with Crippen molar-refractivity contribution in [1.82, 2.24) is 25.5 Å². The van der Waals surface area contributed by atoms with E-state index in [4.69, 9.17) is 0 Å². The molecule has 1 aromatic carbocycles. The minimum atomic E-state index is -0.131. The number of rotatable bonds is 7. The van der Waals surface area contributed by atoms with E-state index >= 15 is 0 Å². The molecule has 0 spiro atoms. The molecule has 25 heavy (non-hydrogen) atoms. The van der Waals surface area contributed by atoms with E-state index in [0.717, 1.165) is 23.3 Å². The van der Waals surface area contributed by atoms with E-state index in [1.807, 2.05) is 52.5 Å². The third kappa shape index (κ3) is 3.91. The quantitative estimate of drug-likeness (QED) is 0.646. The molecule has 1 saturated carbocycles. The number of nitrogens with zero attached hydrogens (tertiary/aromatic N) is 4. The number of carbonyl (C=O) groups is 1. The predicted molar refractivity (Wildman–Crippen MR) is 97.6 cm³/mol. The Morgan fingerprint density at radius 1 is 1.28 bits per heavy atom.